The topological polar surface area (TPSA) is 71.1 Å². The maximum atomic E-state index is 12.3. The van der Waals surface area contributed by atoms with E-state index in [0.29, 0.717) is 42.4 Å². The van der Waals surface area contributed by atoms with Crippen LogP contribution in [0.3, 0.4) is 0 Å². The lowest BCUT2D eigenvalue weighted by Gasteiger charge is -2.09. The molecule has 3 rings (SSSR count). The van der Waals surface area contributed by atoms with Crippen LogP contribution in [-0.2, 0) is 16.1 Å². The maximum absolute atomic E-state index is 12.3. The largest absolute Gasteiger partial charge is 0.490 e. The van der Waals surface area contributed by atoms with Gasteiger partial charge in [0, 0.05) is 19.1 Å². The van der Waals surface area contributed by atoms with Crippen LogP contribution in [0.25, 0.3) is 0 Å². The first kappa shape index (κ1) is 17.9. The molecule has 0 bridgehead atoms. The molecule has 2 aromatic carbocycles. The van der Waals surface area contributed by atoms with Crippen LogP contribution in [0.2, 0.25) is 0 Å². The number of hydrogen-bond donors (Lipinski definition) is 0. The number of methoxy groups -OCH3 is 1. The Balaban J connectivity index is 1.62. The summed E-state index contributed by atoms with van der Waals surface area (Å²) in [7, 11) is 1.58. The standard InChI is InChI=1S/C20H20O6/c1-23-12-14-4-2-5-16(10-14)20(22)26-13-17(21)15-6-7-18-19(11-15)25-9-3-8-24-18/h2,4-7,10-11H,3,8-9,12-13H2,1H3. The van der Waals surface area contributed by atoms with E-state index in [9.17, 15) is 9.59 Å². The summed E-state index contributed by atoms with van der Waals surface area (Å²) >= 11 is 0. The Bertz CT molecular complexity index is 799. The molecule has 1 heterocycles. The van der Waals surface area contributed by atoms with Crippen molar-refractivity contribution in [1.82, 2.24) is 0 Å². The summed E-state index contributed by atoms with van der Waals surface area (Å²) in [4.78, 5) is 24.5. The van der Waals surface area contributed by atoms with Gasteiger partial charge in [-0.15, -0.1) is 0 Å². The second kappa shape index (κ2) is 8.49. The third-order valence-corrected chi connectivity index (χ3v) is 3.88. The lowest BCUT2D eigenvalue weighted by molar-refractivity contribution is 0.0474. The minimum absolute atomic E-state index is 0.304. The average Bonchev–Trinajstić information content (AvgIpc) is 2.91. The van der Waals surface area contributed by atoms with E-state index in [0.717, 1.165) is 12.0 Å². The summed E-state index contributed by atoms with van der Waals surface area (Å²) in [5.41, 5.74) is 1.65. The number of hydrogen-bond acceptors (Lipinski definition) is 6. The minimum Gasteiger partial charge on any atom is -0.490 e. The number of ketones is 1. The predicted octanol–water partition coefficient (Wildman–Crippen LogP) is 3.03. The second-order valence-electron chi connectivity index (χ2n) is 5.84. The van der Waals surface area contributed by atoms with Gasteiger partial charge in [-0.25, -0.2) is 4.79 Å². The molecule has 0 unspecified atom stereocenters. The highest BCUT2D eigenvalue weighted by Gasteiger charge is 2.16. The van der Waals surface area contributed by atoms with E-state index < -0.39 is 5.97 Å². The van der Waals surface area contributed by atoms with Crippen LogP contribution in [-0.4, -0.2) is 38.7 Å². The van der Waals surface area contributed by atoms with Crippen molar-refractivity contribution in [2.45, 2.75) is 13.0 Å². The number of fused-ring (bicyclic) bond motifs is 1. The summed E-state index contributed by atoms with van der Waals surface area (Å²) < 4.78 is 21.3. The summed E-state index contributed by atoms with van der Waals surface area (Å²) in [6.07, 6.45) is 0.789. The Morgan fingerprint density at radius 3 is 2.62 bits per heavy atom. The summed E-state index contributed by atoms with van der Waals surface area (Å²) in [6, 6.07) is 11.9. The Kier molecular flexibility index (Phi) is 5.86. The van der Waals surface area contributed by atoms with Gasteiger partial charge in [0.25, 0.3) is 0 Å². The Morgan fingerprint density at radius 1 is 1.00 bits per heavy atom. The number of carbonyl (C=O) groups is 2. The van der Waals surface area contributed by atoms with Crippen LogP contribution < -0.4 is 9.47 Å². The van der Waals surface area contributed by atoms with Gasteiger partial charge < -0.3 is 18.9 Å². The number of rotatable bonds is 6. The molecule has 0 aromatic heterocycles. The van der Waals surface area contributed by atoms with Gasteiger partial charge in [0.15, 0.2) is 23.9 Å². The monoisotopic (exact) mass is 356 g/mol. The van der Waals surface area contributed by atoms with Crippen molar-refractivity contribution in [3.05, 3.63) is 59.2 Å². The van der Waals surface area contributed by atoms with Gasteiger partial charge in [0.2, 0.25) is 0 Å². The fourth-order valence-electron chi connectivity index (χ4n) is 2.59. The van der Waals surface area contributed by atoms with Crippen molar-refractivity contribution in [2.24, 2.45) is 0 Å². The van der Waals surface area contributed by atoms with Gasteiger partial charge in [0.05, 0.1) is 25.4 Å². The van der Waals surface area contributed by atoms with E-state index in [1.165, 1.54) is 0 Å². The third kappa shape index (κ3) is 4.40. The number of Topliss-reactive ketones (excluding diaryl/α,β-unsaturated/α-hetero) is 1. The Hall–Kier alpha value is -2.86. The van der Waals surface area contributed by atoms with Crippen molar-refractivity contribution in [2.75, 3.05) is 26.9 Å². The van der Waals surface area contributed by atoms with E-state index in [1.807, 2.05) is 6.07 Å². The van der Waals surface area contributed by atoms with E-state index in [1.54, 1.807) is 43.5 Å². The van der Waals surface area contributed by atoms with E-state index in [2.05, 4.69) is 0 Å². The number of ether oxygens (including phenoxy) is 4. The SMILES string of the molecule is COCc1cccc(C(=O)OCC(=O)c2ccc3c(c2)OCCCO3)c1. The molecule has 0 N–H and O–H groups in total. The van der Waals surface area contributed by atoms with Gasteiger partial charge in [-0.3, -0.25) is 4.79 Å². The zero-order chi connectivity index (χ0) is 18.4. The molecule has 0 amide bonds. The molecule has 0 aliphatic carbocycles. The van der Waals surface area contributed by atoms with Gasteiger partial charge in [0.1, 0.15) is 0 Å². The first-order chi connectivity index (χ1) is 12.7. The molecule has 6 nitrogen and oxygen atoms in total. The summed E-state index contributed by atoms with van der Waals surface area (Å²) in [5.74, 6) is 0.297. The molecule has 0 atom stereocenters. The lowest BCUT2D eigenvalue weighted by atomic mass is 10.1. The van der Waals surface area contributed by atoms with Crippen molar-refractivity contribution >= 4 is 11.8 Å². The van der Waals surface area contributed by atoms with Gasteiger partial charge in [-0.1, -0.05) is 12.1 Å². The predicted molar refractivity (Wildman–Crippen MR) is 93.8 cm³/mol. The molecule has 0 spiro atoms. The molecule has 2 aromatic rings. The zero-order valence-electron chi connectivity index (χ0n) is 14.5. The van der Waals surface area contributed by atoms with Crippen LogP contribution in [0.1, 0.15) is 32.7 Å². The fourth-order valence-corrected chi connectivity index (χ4v) is 2.59. The summed E-state index contributed by atoms with van der Waals surface area (Å²) in [6.45, 7) is 1.18. The number of benzene rings is 2. The molecular formula is C20H20O6. The van der Waals surface area contributed by atoms with Crippen molar-refractivity contribution in [3.63, 3.8) is 0 Å². The Morgan fingerprint density at radius 2 is 1.81 bits per heavy atom. The van der Waals surface area contributed by atoms with Crippen molar-refractivity contribution < 1.29 is 28.5 Å². The van der Waals surface area contributed by atoms with E-state index in [4.69, 9.17) is 18.9 Å². The highest BCUT2D eigenvalue weighted by atomic mass is 16.5. The second-order valence-corrected chi connectivity index (χ2v) is 5.84. The van der Waals surface area contributed by atoms with Crippen LogP contribution in [0.15, 0.2) is 42.5 Å². The molecule has 136 valence electrons. The molecule has 1 aliphatic heterocycles. The van der Waals surface area contributed by atoms with Crippen LogP contribution in [0.4, 0.5) is 0 Å². The molecule has 0 saturated heterocycles. The van der Waals surface area contributed by atoms with Crippen molar-refractivity contribution in [1.29, 1.82) is 0 Å². The van der Waals surface area contributed by atoms with Crippen molar-refractivity contribution in [3.8, 4) is 11.5 Å². The highest BCUT2D eigenvalue weighted by molar-refractivity contribution is 5.99. The molecule has 0 radical (unpaired) electrons. The Labute approximate surface area is 151 Å². The smallest absolute Gasteiger partial charge is 0.338 e. The molecule has 0 saturated carbocycles. The van der Waals surface area contributed by atoms with Crippen LogP contribution in [0.5, 0.6) is 11.5 Å². The van der Waals surface area contributed by atoms with Gasteiger partial charge in [-0.05, 0) is 35.9 Å². The maximum Gasteiger partial charge on any atom is 0.338 e. The lowest BCUT2D eigenvalue weighted by Crippen LogP contribution is -2.14. The first-order valence-corrected chi connectivity index (χ1v) is 8.35. The third-order valence-electron chi connectivity index (χ3n) is 3.88. The highest BCUT2D eigenvalue weighted by Crippen LogP contribution is 2.30. The average molecular weight is 356 g/mol. The minimum atomic E-state index is -0.550. The summed E-state index contributed by atoms with van der Waals surface area (Å²) in [5, 5.41) is 0. The normalized spacial score (nSPS) is 13.0. The first-order valence-electron chi connectivity index (χ1n) is 8.35. The molecule has 1 aliphatic rings. The van der Waals surface area contributed by atoms with Crippen LogP contribution >= 0.6 is 0 Å². The molecule has 6 heteroatoms. The number of carbonyl (C=O) groups excluding carboxylic acids is 2. The van der Waals surface area contributed by atoms with E-state index in [-0.39, 0.29) is 12.4 Å². The fraction of sp³-hybridized carbons (Fsp3) is 0.300. The molecule has 0 fully saturated rings. The van der Waals surface area contributed by atoms with Gasteiger partial charge in [-0.2, -0.15) is 0 Å². The van der Waals surface area contributed by atoms with Gasteiger partial charge >= 0.3 is 5.97 Å². The zero-order valence-corrected chi connectivity index (χ0v) is 14.5. The van der Waals surface area contributed by atoms with Crippen LogP contribution in [0, 0.1) is 0 Å². The van der Waals surface area contributed by atoms with E-state index >= 15 is 0 Å². The molecule has 26 heavy (non-hydrogen) atoms. The number of esters is 1. The quantitative estimate of drug-likeness (QED) is 0.585. The molecular weight excluding hydrogens is 336 g/mol.